The van der Waals surface area contributed by atoms with E-state index in [1.807, 2.05) is 0 Å². The molecular formula is C18H22N2OS3. The van der Waals surface area contributed by atoms with Crippen LogP contribution in [-0.2, 0) is 10.5 Å². The Labute approximate surface area is 156 Å². The maximum Gasteiger partial charge on any atom is 0.175 e. The Balaban J connectivity index is 1.53. The molecule has 1 aromatic carbocycles. The quantitative estimate of drug-likeness (QED) is 0.616. The largest absolute Gasteiger partial charge is 0.298 e. The van der Waals surface area contributed by atoms with Crippen molar-refractivity contribution in [1.82, 2.24) is 10.2 Å². The molecule has 0 saturated heterocycles. The number of carbonyl (C=O) groups excluding carboxylic acids is 1. The molecule has 2 aromatic rings. The van der Waals surface area contributed by atoms with Crippen molar-refractivity contribution in [2.45, 2.75) is 65.1 Å². The minimum Gasteiger partial charge on any atom is -0.298 e. The van der Waals surface area contributed by atoms with Crippen LogP contribution in [0.25, 0.3) is 0 Å². The molecular weight excluding hydrogens is 356 g/mol. The first kappa shape index (κ1) is 18.0. The molecule has 3 rings (SSSR count). The van der Waals surface area contributed by atoms with Gasteiger partial charge in [0, 0.05) is 12.2 Å². The first-order valence-electron chi connectivity index (χ1n) is 8.36. The van der Waals surface area contributed by atoms with Crippen molar-refractivity contribution in [2.75, 3.05) is 0 Å². The highest BCUT2D eigenvalue weighted by atomic mass is 32.2. The zero-order valence-corrected chi connectivity index (χ0v) is 16.5. The Morgan fingerprint density at radius 1 is 1.17 bits per heavy atom. The molecule has 6 heteroatoms. The fourth-order valence-electron chi connectivity index (χ4n) is 2.64. The SMILES string of the molecule is CC(C)c1ccc(CSc2nnc(SC3CCCCC3=O)s2)cc1. The van der Waals surface area contributed by atoms with Crippen LogP contribution in [0.2, 0.25) is 0 Å². The highest BCUT2D eigenvalue weighted by Crippen LogP contribution is 2.36. The summed E-state index contributed by atoms with van der Waals surface area (Å²) < 4.78 is 1.90. The maximum atomic E-state index is 11.9. The van der Waals surface area contributed by atoms with E-state index in [4.69, 9.17) is 0 Å². The average molecular weight is 379 g/mol. The number of Topliss-reactive ketones (excluding diaryl/α,β-unsaturated/α-hetero) is 1. The first-order valence-corrected chi connectivity index (χ1v) is 11.0. The molecule has 1 aliphatic rings. The molecule has 128 valence electrons. The van der Waals surface area contributed by atoms with Crippen LogP contribution in [0.3, 0.4) is 0 Å². The second kappa shape index (κ2) is 8.50. The van der Waals surface area contributed by atoms with Crippen molar-refractivity contribution >= 4 is 40.6 Å². The second-order valence-corrected chi connectivity index (χ2v) is 9.99. The van der Waals surface area contributed by atoms with Gasteiger partial charge in [-0.2, -0.15) is 0 Å². The Bertz CT molecular complexity index is 682. The summed E-state index contributed by atoms with van der Waals surface area (Å²) in [4.78, 5) is 11.9. The normalized spacial score (nSPS) is 18.3. The van der Waals surface area contributed by atoms with E-state index in [-0.39, 0.29) is 5.25 Å². The Morgan fingerprint density at radius 3 is 2.62 bits per heavy atom. The van der Waals surface area contributed by atoms with E-state index in [9.17, 15) is 4.79 Å². The summed E-state index contributed by atoms with van der Waals surface area (Å²) in [6, 6.07) is 8.80. The molecule has 0 bridgehead atoms. The van der Waals surface area contributed by atoms with Crippen LogP contribution in [0.15, 0.2) is 32.9 Å². The molecule has 1 aliphatic carbocycles. The van der Waals surface area contributed by atoms with Gasteiger partial charge in [0.25, 0.3) is 0 Å². The zero-order valence-electron chi connectivity index (χ0n) is 14.0. The summed E-state index contributed by atoms with van der Waals surface area (Å²) in [5.74, 6) is 1.85. The Kier molecular flexibility index (Phi) is 6.36. The summed E-state index contributed by atoms with van der Waals surface area (Å²) in [5.41, 5.74) is 2.67. The summed E-state index contributed by atoms with van der Waals surface area (Å²) in [5, 5.41) is 8.61. The molecule has 0 spiro atoms. The van der Waals surface area contributed by atoms with E-state index in [0.717, 1.165) is 40.1 Å². The third-order valence-electron chi connectivity index (χ3n) is 4.14. The van der Waals surface area contributed by atoms with Crippen molar-refractivity contribution in [3.8, 4) is 0 Å². The van der Waals surface area contributed by atoms with Gasteiger partial charge in [0.2, 0.25) is 0 Å². The molecule has 1 unspecified atom stereocenters. The zero-order chi connectivity index (χ0) is 16.9. The van der Waals surface area contributed by atoms with Crippen molar-refractivity contribution in [2.24, 2.45) is 0 Å². The van der Waals surface area contributed by atoms with Crippen molar-refractivity contribution in [1.29, 1.82) is 0 Å². The molecule has 1 fully saturated rings. The Morgan fingerprint density at radius 2 is 1.92 bits per heavy atom. The topological polar surface area (TPSA) is 42.9 Å². The van der Waals surface area contributed by atoms with Crippen LogP contribution in [-0.4, -0.2) is 21.2 Å². The van der Waals surface area contributed by atoms with Crippen molar-refractivity contribution in [3.63, 3.8) is 0 Å². The van der Waals surface area contributed by atoms with E-state index in [0.29, 0.717) is 11.7 Å². The van der Waals surface area contributed by atoms with Gasteiger partial charge >= 0.3 is 0 Å². The summed E-state index contributed by atoms with van der Waals surface area (Å²) in [7, 11) is 0. The molecule has 1 atom stereocenters. The molecule has 0 N–H and O–H groups in total. The number of aromatic nitrogens is 2. The van der Waals surface area contributed by atoms with Crippen molar-refractivity contribution < 1.29 is 4.79 Å². The molecule has 0 aliphatic heterocycles. The van der Waals surface area contributed by atoms with Gasteiger partial charge in [0.1, 0.15) is 5.78 Å². The minimum atomic E-state index is 0.0909. The van der Waals surface area contributed by atoms with Crippen LogP contribution in [0.4, 0.5) is 0 Å². The number of ketones is 1. The predicted molar refractivity (Wildman–Crippen MR) is 103 cm³/mol. The number of nitrogens with zero attached hydrogens (tertiary/aromatic N) is 2. The van der Waals surface area contributed by atoms with Crippen LogP contribution >= 0.6 is 34.9 Å². The molecule has 1 aromatic heterocycles. The summed E-state index contributed by atoms with van der Waals surface area (Å²) in [6.45, 7) is 4.42. The maximum absolute atomic E-state index is 11.9. The van der Waals surface area contributed by atoms with E-state index in [1.165, 1.54) is 11.1 Å². The number of thioether (sulfide) groups is 2. The summed E-state index contributed by atoms with van der Waals surface area (Å²) in [6.07, 6.45) is 3.90. The summed E-state index contributed by atoms with van der Waals surface area (Å²) >= 11 is 4.93. The van der Waals surface area contributed by atoms with E-state index >= 15 is 0 Å². The first-order chi connectivity index (χ1) is 11.6. The standard InChI is InChI=1S/C18H22N2OS3/c1-12(2)14-9-7-13(8-10-14)11-22-17-19-20-18(24-17)23-16-6-4-3-5-15(16)21/h7-10,12,16H,3-6,11H2,1-2H3. The van der Waals surface area contributed by atoms with Crippen LogP contribution in [0.1, 0.15) is 56.6 Å². The highest BCUT2D eigenvalue weighted by Gasteiger charge is 2.24. The lowest BCUT2D eigenvalue weighted by molar-refractivity contribution is -0.119. The van der Waals surface area contributed by atoms with Gasteiger partial charge in [-0.3, -0.25) is 4.79 Å². The lowest BCUT2D eigenvalue weighted by Crippen LogP contribution is -2.21. The monoisotopic (exact) mass is 378 g/mol. The van der Waals surface area contributed by atoms with E-state index in [1.54, 1.807) is 34.9 Å². The number of carbonyl (C=O) groups is 1. The second-order valence-electron chi connectivity index (χ2n) is 6.34. The molecule has 3 nitrogen and oxygen atoms in total. The molecule has 1 saturated carbocycles. The Hall–Kier alpha value is -0.850. The van der Waals surface area contributed by atoms with E-state index in [2.05, 4.69) is 48.3 Å². The van der Waals surface area contributed by atoms with Gasteiger partial charge in [-0.05, 0) is 29.9 Å². The van der Waals surface area contributed by atoms with Gasteiger partial charge in [0.15, 0.2) is 8.68 Å². The number of benzene rings is 1. The van der Waals surface area contributed by atoms with Gasteiger partial charge < -0.3 is 0 Å². The third-order valence-corrected chi connectivity index (χ3v) is 7.67. The molecule has 0 radical (unpaired) electrons. The fraction of sp³-hybridized carbons (Fsp3) is 0.500. The minimum absolute atomic E-state index is 0.0909. The van der Waals surface area contributed by atoms with E-state index < -0.39 is 0 Å². The average Bonchev–Trinajstić information content (AvgIpc) is 3.03. The van der Waals surface area contributed by atoms with Gasteiger partial charge in [0.05, 0.1) is 5.25 Å². The number of hydrogen-bond acceptors (Lipinski definition) is 6. The number of rotatable bonds is 6. The van der Waals surface area contributed by atoms with Crippen LogP contribution in [0, 0.1) is 0 Å². The van der Waals surface area contributed by atoms with Crippen molar-refractivity contribution in [3.05, 3.63) is 35.4 Å². The molecule has 24 heavy (non-hydrogen) atoms. The van der Waals surface area contributed by atoms with Crippen LogP contribution < -0.4 is 0 Å². The molecule has 1 heterocycles. The lowest BCUT2D eigenvalue weighted by Gasteiger charge is -2.17. The lowest BCUT2D eigenvalue weighted by atomic mass is 9.99. The fourth-order valence-corrected chi connectivity index (χ4v) is 5.99. The third kappa shape index (κ3) is 4.83. The highest BCUT2D eigenvalue weighted by molar-refractivity contribution is 8.03. The van der Waals surface area contributed by atoms with Gasteiger partial charge in [-0.15, -0.1) is 10.2 Å². The van der Waals surface area contributed by atoms with Gasteiger partial charge in [-0.1, -0.05) is 79.4 Å². The number of hydrogen-bond donors (Lipinski definition) is 0. The van der Waals surface area contributed by atoms with Gasteiger partial charge in [-0.25, -0.2) is 0 Å². The van der Waals surface area contributed by atoms with Crippen LogP contribution in [0.5, 0.6) is 0 Å². The molecule has 0 amide bonds. The smallest absolute Gasteiger partial charge is 0.175 e. The predicted octanol–water partition coefficient (Wildman–Crippen LogP) is 5.56.